The number of benzene rings is 4. The van der Waals surface area contributed by atoms with Gasteiger partial charge < -0.3 is 23.2 Å². The molecule has 0 unspecified atom stereocenters. The molecular weight excluding hydrogens is 701 g/mol. The largest absolute Gasteiger partial charge is 0.501 e. The van der Waals surface area contributed by atoms with Crippen LogP contribution in [-0.2, 0) is 20.1 Å². The molecule has 0 saturated heterocycles. The average molecular weight is 721 g/mol. The minimum atomic E-state index is 0. The summed E-state index contributed by atoms with van der Waals surface area (Å²) in [5.74, 6) is 0. The smallest absolute Gasteiger partial charge is 0.181 e. The summed E-state index contributed by atoms with van der Waals surface area (Å²) < 4.78 is 18.3. The Labute approximate surface area is 253 Å². The zero-order chi connectivity index (χ0) is 27.2. The van der Waals surface area contributed by atoms with Gasteiger partial charge in [-0.25, -0.2) is 0 Å². The van der Waals surface area contributed by atoms with Crippen molar-refractivity contribution in [3.63, 3.8) is 0 Å². The summed E-state index contributed by atoms with van der Waals surface area (Å²) in [5, 5.41) is 3.99. The van der Waals surface area contributed by atoms with Crippen LogP contribution >= 0.6 is 0 Å². The average Bonchev–Trinajstić information content (AvgIpc) is 3.72. The maximum Gasteiger partial charge on any atom is 0.181 e. The van der Waals surface area contributed by atoms with Crippen molar-refractivity contribution in [3.8, 4) is 22.5 Å². The number of hydrogen-bond acceptors (Lipinski definition) is 5. The van der Waals surface area contributed by atoms with Gasteiger partial charge in [0.05, 0.1) is 22.6 Å². The topological polar surface area (TPSA) is 65.2 Å². The molecule has 6 heteroatoms. The van der Waals surface area contributed by atoms with Crippen LogP contribution in [0.25, 0.3) is 77.6 Å². The third-order valence-electron chi connectivity index (χ3n) is 7.12. The van der Waals surface area contributed by atoms with Crippen molar-refractivity contribution in [2.75, 3.05) is 0 Å². The van der Waals surface area contributed by atoms with E-state index in [1.54, 1.807) is 12.4 Å². The van der Waals surface area contributed by atoms with Crippen LogP contribution in [0.15, 0.2) is 135 Å². The molecule has 0 saturated carbocycles. The zero-order valence-corrected chi connectivity index (χ0v) is 24.4. The number of rotatable bonds is 2. The fraction of sp³-hybridized carbons (Fsp3) is 0. The molecule has 0 aliphatic rings. The van der Waals surface area contributed by atoms with Crippen molar-refractivity contribution < 1.29 is 33.4 Å². The normalized spacial score (nSPS) is 11.1. The molecule has 0 fully saturated rings. The van der Waals surface area contributed by atoms with E-state index in [-0.39, 0.29) is 20.1 Å². The first-order chi connectivity index (χ1) is 20.3. The van der Waals surface area contributed by atoms with Crippen LogP contribution in [0.3, 0.4) is 0 Å². The molecule has 0 spiro atoms. The van der Waals surface area contributed by atoms with Crippen LogP contribution in [0.5, 0.6) is 0 Å². The molecule has 0 aliphatic carbocycles. The van der Waals surface area contributed by atoms with Gasteiger partial charge in [0.25, 0.3) is 0 Å². The summed E-state index contributed by atoms with van der Waals surface area (Å²) in [5.41, 5.74) is 8.24. The number of pyridine rings is 2. The van der Waals surface area contributed by atoms with E-state index < -0.39 is 0 Å². The van der Waals surface area contributed by atoms with E-state index in [1.165, 1.54) is 0 Å². The minimum Gasteiger partial charge on any atom is -0.501 e. The van der Waals surface area contributed by atoms with Crippen molar-refractivity contribution in [1.82, 2.24) is 9.97 Å². The van der Waals surface area contributed by atoms with Gasteiger partial charge in [-0.3, -0.25) is 0 Å². The molecule has 42 heavy (non-hydrogen) atoms. The fourth-order valence-corrected chi connectivity index (χ4v) is 5.20. The first kappa shape index (κ1) is 25.9. The summed E-state index contributed by atoms with van der Waals surface area (Å²) in [7, 11) is 0. The summed E-state index contributed by atoms with van der Waals surface area (Å²) in [6.07, 6.45) is 3.53. The molecule has 0 N–H and O–H groups in total. The fourth-order valence-electron chi connectivity index (χ4n) is 5.20. The van der Waals surface area contributed by atoms with Gasteiger partial charge in [0.2, 0.25) is 0 Å². The van der Waals surface area contributed by atoms with Gasteiger partial charge in [0, 0.05) is 31.7 Å². The SMILES string of the molecule is [Ir].[c-]1ccc2c(oc3ccccc32)c1-c1cc2c(cn1)oc1c3ccccc3oc21.[c-]1ccccc1-c1ccccn1. The van der Waals surface area contributed by atoms with E-state index in [0.717, 1.165) is 72.0 Å². The Balaban J connectivity index is 0.000000188. The molecule has 0 amide bonds. The zero-order valence-electron chi connectivity index (χ0n) is 22.0. The van der Waals surface area contributed by atoms with Crippen molar-refractivity contribution in [1.29, 1.82) is 0 Å². The minimum absolute atomic E-state index is 0. The van der Waals surface area contributed by atoms with Crippen molar-refractivity contribution in [2.24, 2.45) is 0 Å². The van der Waals surface area contributed by atoms with Gasteiger partial charge in [0.1, 0.15) is 11.2 Å². The summed E-state index contributed by atoms with van der Waals surface area (Å²) in [6, 6.07) is 42.0. The van der Waals surface area contributed by atoms with Crippen molar-refractivity contribution in [2.45, 2.75) is 0 Å². The monoisotopic (exact) mass is 721 g/mol. The van der Waals surface area contributed by atoms with Gasteiger partial charge in [0.15, 0.2) is 16.7 Å². The molecule has 1 radical (unpaired) electrons. The van der Waals surface area contributed by atoms with Crippen LogP contribution in [-0.4, -0.2) is 9.97 Å². The molecule has 4 aromatic carbocycles. The van der Waals surface area contributed by atoms with Gasteiger partial charge in [-0.05, 0) is 35.7 Å². The standard InChI is InChI=1S/C25H12NO3.C11H8N.Ir/c1-3-10-20-14(6-1)15-8-5-9-16(23(15)27-20)19-12-18-22(13-26-19)29-24-17-7-2-4-11-21(17)28-25(18)24;1-2-6-10(7-3-1)11-8-4-5-9-12-11;/h1-8,10-13H;1-6,8-9H;/q2*-1;. The molecular formula is C36H20IrN2O3-2. The molecule has 0 bridgehead atoms. The van der Waals surface area contributed by atoms with Gasteiger partial charge >= 0.3 is 0 Å². The van der Waals surface area contributed by atoms with E-state index in [1.807, 2.05) is 103 Å². The van der Waals surface area contributed by atoms with Crippen LogP contribution in [0.2, 0.25) is 0 Å². The third-order valence-corrected chi connectivity index (χ3v) is 7.12. The molecule has 9 aromatic rings. The van der Waals surface area contributed by atoms with Crippen molar-refractivity contribution in [3.05, 3.63) is 134 Å². The predicted octanol–water partition coefficient (Wildman–Crippen LogP) is 9.64. The van der Waals surface area contributed by atoms with Crippen LogP contribution in [0.1, 0.15) is 0 Å². The van der Waals surface area contributed by atoms with Gasteiger partial charge in [-0.1, -0.05) is 59.5 Å². The Morgan fingerprint density at radius 2 is 1.21 bits per heavy atom. The van der Waals surface area contributed by atoms with E-state index in [4.69, 9.17) is 13.3 Å². The molecule has 203 valence electrons. The second-order valence-corrected chi connectivity index (χ2v) is 9.61. The second-order valence-electron chi connectivity index (χ2n) is 9.61. The Morgan fingerprint density at radius 3 is 2.02 bits per heavy atom. The molecule has 5 heterocycles. The number of para-hydroxylation sites is 2. The molecule has 0 atom stereocenters. The predicted molar refractivity (Wildman–Crippen MR) is 161 cm³/mol. The van der Waals surface area contributed by atoms with Gasteiger partial charge in [-0.2, -0.15) is 0 Å². The maximum absolute atomic E-state index is 6.15. The number of aromatic nitrogens is 2. The summed E-state index contributed by atoms with van der Waals surface area (Å²) >= 11 is 0. The van der Waals surface area contributed by atoms with Crippen molar-refractivity contribution >= 4 is 55.0 Å². The molecule has 9 rings (SSSR count). The van der Waals surface area contributed by atoms with Crippen LogP contribution < -0.4 is 0 Å². The third kappa shape index (κ3) is 4.38. The maximum atomic E-state index is 6.15. The van der Waals surface area contributed by atoms with Crippen LogP contribution in [0, 0.1) is 12.1 Å². The Bertz CT molecular complexity index is 2280. The Morgan fingerprint density at radius 1 is 0.500 bits per heavy atom. The number of nitrogens with zero attached hydrogens (tertiary/aromatic N) is 2. The Hall–Kier alpha value is -5.03. The van der Waals surface area contributed by atoms with E-state index in [0.29, 0.717) is 5.58 Å². The first-order valence-corrected chi connectivity index (χ1v) is 13.2. The Kier molecular flexibility index (Phi) is 6.63. The summed E-state index contributed by atoms with van der Waals surface area (Å²) in [4.78, 5) is 8.84. The van der Waals surface area contributed by atoms with E-state index in [9.17, 15) is 0 Å². The molecule has 5 nitrogen and oxygen atoms in total. The van der Waals surface area contributed by atoms with E-state index in [2.05, 4.69) is 28.2 Å². The first-order valence-electron chi connectivity index (χ1n) is 13.2. The van der Waals surface area contributed by atoms with Crippen LogP contribution in [0.4, 0.5) is 0 Å². The van der Waals surface area contributed by atoms with Gasteiger partial charge in [-0.15, -0.1) is 54.1 Å². The number of hydrogen-bond donors (Lipinski definition) is 0. The summed E-state index contributed by atoms with van der Waals surface area (Å²) in [6.45, 7) is 0. The number of furan rings is 3. The quantitative estimate of drug-likeness (QED) is 0.167. The van der Waals surface area contributed by atoms with E-state index >= 15 is 0 Å². The molecule has 5 aromatic heterocycles. The second kappa shape index (κ2) is 10.7. The number of fused-ring (bicyclic) bond motifs is 8. The molecule has 0 aliphatic heterocycles.